The number of hydrogen-bond donors (Lipinski definition) is 1. The molecule has 4 rings (SSSR count). The number of imidazole rings is 1. The van der Waals surface area contributed by atoms with Crippen molar-refractivity contribution in [1.29, 1.82) is 0 Å². The summed E-state index contributed by atoms with van der Waals surface area (Å²) >= 11 is 8.98. The molecule has 1 fully saturated rings. The highest BCUT2D eigenvalue weighted by molar-refractivity contribution is 9.10. The number of aromatic nitrogens is 2. The molecular formula is C14H15B3BrFN2S. The van der Waals surface area contributed by atoms with Crippen molar-refractivity contribution in [2.24, 2.45) is 0 Å². The smallest absolute Gasteiger partial charge is 0.177 e. The minimum atomic E-state index is -0.108. The zero-order valence-corrected chi connectivity index (χ0v) is 15.2. The molecule has 0 spiro atoms. The van der Waals surface area contributed by atoms with Crippen LogP contribution in [0.25, 0.3) is 0 Å². The number of H-pyrrole nitrogens is 1. The summed E-state index contributed by atoms with van der Waals surface area (Å²) in [5, 5.41) is 0.0165. The second-order valence-electron chi connectivity index (χ2n) is 7.56. The summed E-state index contributed by atoms with van der Waals surface area (Å²) in [4.78, 5) is 3.38. The lowest BCUT2D eigenvalue weighted by molar-refractivity contribution is 0.530. The minimum absolute atomic E-state index is 0.0165. The van der Waals surface area contributed by atoms with Crippen LogP contribution in [0.3, 0.4) is 0 Å². The van der Waals surface area contributed by atoms with Gasteiger partial charge < -0.3 is 9.55 Å². The van der Waals surface area contributed by atoms with Crippen molar-refractivity contribution in [2.45, 2.75) is 29.4 Å². The molecule has 0 bridgehead atoms. The van der Waals surface area contributed by atoms with Gasteiger partial charge in [0.2, 0.25) is 0 Å². The molecule has 0 amide bonds. The van der Waals surface area contributed by atoms with E-state index in [2.05, 4.69) is 49.0 Å². The third kappa shape index (κ3) is 1.89. The molecule has 1 aliphatic heterocycles. The number of nitrogens with one attached hydrogen (secondary N) is 1. The fraction of sp³-hybridized carbons (Fsp3) is 0.357. The molecule has 1 aromatic heterocycles. The highest BCUT2D eigenvalue weighted by atomic mass is 79.9. The van der Waals surface area contributed by atoms with Crippen LogP contribution in [0.15, 0.2) is 22.7 Å². The Labute approximate surface area is 145 Å². The van der Waals surface area contributed by atoms with E-state index < -0.39 is 0 Å². The summed E-state index contributed by atoms with van der Waals surface area (Å²) < 4.78 is 18.3. The lowest BCUT2D eigenvalue weighted by Gasteiger charge is -2.18. The van der Waals surface area contributed by atoms with Crippen LogP contribution in [0.5, 0.6) is 0 Å². The van der Waals surface area contributed by atoms with Gasteiger partial charge in [-0.15, -0.1) is 0 Å². The number of rotatable bonds is 2. The van der Waals surface area contributed by atoms with E-state index in [1.54, 1.807) is 12.1 Å². The minimum Gasteiger partial charge on any atom is -0.336 e. The van der Waals surface area contributed by atoms with Gasteiger partial charge in [0.05, 0.1) is 23.5 Å². The van der Waals surface area contributed by atoms with Gasteiger partial charge in [0.1, 0.15) is 5.82 Å². The Morgan fingerprint density at radius 3 is 2.82 bits per heavy atom. The van der Waals surface area contributed by atoms with Crippen LogP contribution in [0.2, 0.25) is 0 Å². The van der Waals surface area contributed by atoms with Crippen molar-refractivity contribution in [2.75, 3.05) is 0 Å². The lowest BCUT2D eigenvalue weighted by Crippen LogP contribution is -2.29. The maximum atomic E-state index is 14.4. The van der Waals surface area contributed by atoms with Gasteiger partial charge in [-0.05, 0) is 42.4 Å². The van der Waals surface area contributed by atoms with Gasteiger partial charge in [-0.25, -0.2) is 4.39 Å². The van der Waals surface area contributed by atoms with Crippen molar-refractivity contribution in [3.63, 3.8) is 0 Å². The van der Waals surface area contributed by atoms with Gasteiger partial charge in [-0.1, -0.05) is 21.0 Å². The summed E-state index contributed by atoms with van der Waals surface area (Å²) in [6, 6.07) is 5.25. The van der Waals surface area contributed by atoms with Gasteiger partial charge in [0.25, 0.3) is 0 Å². The first-order valence-corrected chi connectivity index (χ1v) is 8.73. The van der Waals surface area contributed by atoms with E-state index in [4.69, 9.17) is 12.2 Å². The van der Waals surface area contributed by atoms with Crippen LogP contribution >= 0.6 is 28.1 Å². The Balaban J connectivity index is 1.86. The van der Waals surface area contributed by atoms with Gasteiger partial charge >= 0.3 is 0 Å². The Morgan fingerprint density at radius 2 is 2.14 bits per heavy atom. The largest absolute Gasteiger partial charge is 0.336 e. The average Bonchev–Trinajstić information content (AvgIpc) is 2.90. The third-order valence-corrected chi connectivity index (χ3v) is 5.90. The zero-order valence-electron chi connectivity index (χ0n) is 12.8. The van der Waals surface area contributed by atoms with Crippen LogP contribution in [-0.4, -0.2) is 33.1 Å². The molecule has 0 radical (unpaired) electrons. The molecule has 2 aliphatic rings. The Kier molecular flexibility index (Phi) is 2.97. The topological polar surface area (TPSA) is 20.7 Å². The van der Waals surface area contributed by atoms with Gasteiger partial charge in [0.15, 0.2) is 4.77 Å². The van der Waals surface area contributed by atoms with Gasteiger partial charge in [-0.2, -0.15) is 0 Å². The van der Waals surface area contributed by atoms with Crippen LogP contribution in [0.4, 0.5) is 4.39 Å². The van der Waals surface area contributed by atoms with E-state index in [-0.39, 0.29) is 16.3 Å². The van der Waals surface area contributed by atoms with Crippen LogP contribution in [-0.2, 0) is 17.1 Å². The summed E-state index contributed by atoms with van der Waals surface area (Å²) in [6.07, 6.45) is 1.01. The number of aromatic amines is 1. The predicted molar refractivity (Wildman–Crippen MR) is 100 cm³/mol. The molecular weight excluding hydrogens is 360 g/mol. The first kappa shape index (κ1) is 14.8. The lowest BCUT2D eigenvalue weighted by atomic mass is 9.41. The average molecular weight is 375 g/mol. The summed E-state index contributed by atoms with van der Waals surface area (Å²) in [6.45, 7) is 0.784. The number of fused-ring (bicyclic) bond motifs is 3. The van der Waals surface area contributed by atoms with E-state index >= 15 is 0 Å². The second kappa shape index (κ2) is 4.41. The monoisotopic (exact) mass is 374 g/mol. The molecule has 110 valence electrons. The maximum absolute atomic E-state index is 14.4. The fourth-order valence-electron chi connectivity index (χ4n) is 3.96. The normalized spacial score (nSPS) is 25.8. The Bertz CT molecular complexity index is 857. The molecule has 22 heavy (non-hydrogen) atoms. The highest BCUT2D eigenvalue weighted by Crippen LogP contribution is 2.66. The van der Waals surface area contributed by atoms with E-state index in [0.717, 1.165) is 27.8 Å². The molecule has 2 atom stereocenters. The Hall–Kier alpha value is -0.745. The molecule has 2 heterocycles. The van der Waals surface area contributed by atoms with E-state index in [1.807, 2.05) is 6.07 Å². The van der Waals surface area contributed by atoms with Crippen molar-refractivity contribution in [1.82, 2.24) is 9.55 Å². The second-order valence-corrected chi connectivity index (χ2v) is 8.87. The van der Waals surface area contributed by atoms with Crippen LogP contribution in [0.1, 0.15) is 29.3 Å². The van der Waals surface area contributed by atoms with Crippen molar-refractivity contribution in [3.05, 3.63) is 50.2 Å². The number of halogens is 2. The number of nitrogens with zero attached hydrogens (tertiary/aromatic N) is 1. The molecule has 2 aromatic rings. The maximum Gasteiger partial charge on any atom is 0.177 e. The van der Waals surface area contributed by atoms with Gasteiger partial charge in [-0.3, -0.25) is 0 Å². The molecule has 1 saturated carbocycles. The summed E-state index contributed by atoms with van der Waals surface area (Å²) in [7, 11) is 6.57. The van der Waals surface area contributed by atoms with E-state index in [9.17, 15) is 4.39 Å². The Morgan fingerprint density at radius 1 is 1.41 bits per heavy atom. The van der Waals surface area contributed by atoms with E-state index in [1.165, 1.54) is 11.4 Å². The first-order valence-electron chi connectivity index (χ1n) is 7.53. The molecule has 1 N–H and O–H groups in total. The molecule has 1 aliphatic carbocycles. The van der Waals surface area contributed by atoms with Crippen molar-refractivity contribution >= 4 is 51.7 Å². The molecule has 8 heteroatoms. The third-order valence-electron chi connectivity index (χ3n) is 5.08. The molecule has 2 nitrogen and oxygen atoms in total. The fourth-order valence-corrected chi connectivity index (χ4v) is 4.58. The number of benzene rings is 1. The van der Waals surface area contributed by atoms with Gasteiger partial charge in [0, 0.05) is 33.7 Å². The van der Waals surface area contributed by atoms with Crippen LogP contribution in [0, 0.1) is 10.6 Å². The first-order chi connectivity index (χ1) is 10.2. The molecule has 0 saturated heterocycles. The quantitative estimate of drug-likeness (QED) is 0.612. The number of hydrogen-bond acceptors (Lipinski definition) is 1. The van der Waals surface area contributed by atoms with Crippen LogP contribution < -0.4 is 0 Å². The summed E-state index contributed by atoms with van der Waals surface area (Å²) in [5.41, 5.74) is 3.21. The predicted octanol–water partition coefficient (Wildman–Crippen LogP) is 0.896. The van der Waals surface area contributed by atoms with Crippen molar-refractivity contribution < 1.29 is 4.39 Å². The zero-order chi connectivity index (χ0) is 15.9. The van der Waals surface area contributed by atoms with Crippen molar-refractivity contribution in [3.8, 4) is 0 Å². The molecule has 0 unspecified atom stereocenters. The SMILES string of the molecule is BC(B)(B)c1[nH]c(=S)n2c1[C@@H]1C[C@]1(c1cc(Br)ccc1F)C2. The summed E-state index contributed by atoms with van der Waals surface area (Å²) in [5.74, 6) is 0.266. The van der Waals surface area contributed by atoms with E-state index in [0.29, 0.717) is 5.92 Å². The standard InChI is InChI=1S/C14H15B3BrFN2S/c15-14(16,17)11-10-8-4-13(8,5-21(10)12(22)20-11)7-3-6(18)1-2-9(7)19/h1-3,8H,4-5,15-17H2,(H,20,22)/t8-,13+/m0/s1. The molecule has 1 aromatic carbocycles. The highest BCUT2D eigenvalue weighted by Gasteiger charge is 2.63.